The highest BCUT2D eigenvalue weighted by Crippen LogP contribution is 2.27. The van der Waals surface area contributed by atoms with Gasteiger partial charge in [-0.3, -0.25) is 14.5 Å². The van der Waals surface area contributed by atoms with Gasteiger partial charge in [0.25, 0.3) is 5.91 Å². The largest absolute Gasteiger partial charge is 0.482 e. The minimum atomic E-state index is -0.371. The van der Waals surface area contributed by atoms with Crippen LogP contribution in [0, 0.1) is 6.92 Å². The molecule has 0 bridgehead atoms. The maximum Gasteiger partial charge on any atom is 0.267 e. The Balaban J connectivity index is 1.72. The van der Waals surface area contributed by atoms with Crippen molar-refractivity contribution in [3.05, 3.63) is 40.1 Å². The highest BCUT2D eigenvalue weighted by Gasteiger charge is 2.27. The normalized spacial score (nSPS) is 14.0. The van der Waals surface area contributed by atoms with Crippen molar-refractivity contribution in [2.45, 2.75) is 19.8 Å². The molecule has 1 fully saturated rings. The lowest BCUT2D eigenvalue weighted by Crippen LogP contribution is -2.44. The molecule has 0 radical (unpaired) electrons. The van der Waals surface area contributed by atoms with Gasteiger partial charge in [-0.2, -0.15) is 0 Å². The first kappa shape index (κ1) is 18.5. The van der Waals surface area contributed by atoms with E-state index in [0.717, 1.165) is 6.42 Å². The molecule has 26 heavy (non-hydrogen) atoms. The molecule has 0 spiro atoms. The zero-order chi connectivity index (χ0) is 18.7. The SMILES string of the molecule is Cc1cc(N(CN2CCCC2=O)C(=O)COc2ccc(Cl)cc2Cl)no1. The van der Waals surface area contributed by atoms with Crippen LogP contribution in [-0.4, -0.2) is 41.7 Å². The van der Waals surface area contributed by atoms with Gasteiger partial charge in [0.15, 0.2) is 12.4 Å². The molecule has 1 aliphatic heterocycles. The van der Waals surface area contributed by atoms with Crippen LogP contribution in [0.15, 0.2) is 28.8 Å². The van der Waals surface area contributed by atoms with Crippen molar-refractivity contribution in [3.8, 4) is 5.75 Å². The lowest BCUT2D eigenvalue weighted by atomic mass is 10.3. The Hall–Kier alpha value is -2.25. The zero-order valence-corrected chi connectivity index (χ0v) is 15.6. The Morgan fingerprint density at radius 1 is 1.38 bits per heavy atom. The Morgan fingerprint density at radius 2 is 2.19 bits per heavy atom. The molecule has 1 aliphatic rings. The summed E-state index contributed by atoms with van der Waals surface area (Å²) in [6.45, 7) is 2.16. The number of benzene rings is 1. The van der Waals surface area contributed by atoms with Crippen molar-refractivity contribution in [2.24, 2.45) is 0 Å². The molecule has 1 aromatic carbocycles. The number of halogens is 2. The van der Waals surface area contributed by atoms with E-state index < -0.39 is 0 Å². The lowest BCUT2D eigenvalue weighted by molar-refractivity contribution is -0.128. The molecule has 2 amide bonds. The second-order valence-corrected chi connectivity index (χ2v) is 6.73. The first-order valence-electron chi connectivity index (χ1n) is 8.03. The van der Waals surface area contributed by atoms with E-state index in [9.17, 15) is 9.59 Å². The third-order valence-corrected chi connectivity index (χ3v) is 4.45. The second-order valence-electron chi connectivity index (χ2n) is 5.88. The molecule has 7 nitrogen and oxygen atoms in total. The van der Waals surface area contributed by atoms with Gasteiger partial charge < -0.3 is 14.2 Å². The van der Waals surface area contributed by atoms with Crippen molar-refractivity contribution in [1.29, 1.82) is 0 Å². The number of anilines is 1. The minimum Gasteiger partial charge on any atom is -0.482 e. The molecule has 138 valence electrons. The number of aromatic nitrogens is 1. The van der Waals surface area contributed by atoms with E-state index in [0.29, 0.717) is 40.3 Å². The number of amides is 2. The van der Waals surface area contributed by atoms with Crippen LogP contribution in [0.2, 0.25) is 10.0 Å². The van der Waals surface area contributed by atoms with Gasteiger partial charge in [-0.1, -0.05) is 28.4 Å². The molecule has 2 aromatic rings. The summed E-state index contributed by atoms with van der Waals surface area (Å²) in [7, 11) is 0. The van der Waals surface area contributed by atoms with E-state index in [4.69, 9.17) is 32.5 Å². The predicted octanol–water partition coefficient (Wildman–Crippen LogP) is 3.28. The van der Waals surface area contributed by atoms with Crippen LogP contribution in [0.4, 0.5) is 5.82 Å². The number of hydrogen-bond acceptors (Lipinski definition) is 5. The standard InChI is InChI=1S/C17H17Cl2N3O4/c1-11-7-15(20-26-11)22(10-21-6-2-3-16(21)23)17(24)9-25-14-5-4-12(18)8-13(14)19/h4-5,7-8H,2-3,6,9-10H2,1H3. The van der Waals surface area contributed by atoms with Crippen molar-refractivity contribution in [2.75, 3.05) is 24.7 Å². The molecule has 3 rings (SSSR count). The quantitative estimate of drug-likeness (QED) is 0.747. The van der Waals surface area contributed by atoms with Crippen LogP contribution >= 0.6 is 23.2 Å². The van der Waals surface area contributed by atoms with Crippen LogP contribution in [0.25, 0.3) is 0 Å². The average Bonchev–Trinajstić information content (AvgIpc) is 3.20. The van der Waals surface area contributed by atoms with Crippen LogP contribution in [0.3, 0.4) is 0 Å². The molecule has 0 atom stereocenters. The molecule has 2 heterocycles. The van der Waals surface area contributed by atoms with Crippen LogP contribution in [0.5, 0.6) is 5.75 Å². The topological polar surface area (TPSA) is 75.9 Å². The smallest absolute Gasteiger partial charge is 0.267 e. The van der Waals surface area contributed by atoms with Gasteiger partial charge in [0.05, 0.1) is 5.02 Å². The maximum atomic E-state index is 12.7. The number of aryl methyl sites for hydroxylation is 1. The first-order valence-corrected chi connectivity index (χ1v) is 8.79. The summed E-state index contributed by atoms with van der Waals surface area (Å²) in [5, 5.41) is 4.66. The van der Waals surface area contributed by atoms with E-state index in [2.05, 4.69) is 5.16 Å². The third-order valence-electron chi connectivity index (χ3n) is 3.92. The molecule has 0 unspecified atom stereocenters. The van der Waals surface area contributed by atoms with Crippen LogP contribution in [0.1, 0.15) is 18.6 Å². The molecule has 0 N–H and O–H groups in total. The van der Waals surface area contributed by atoms with Gasteiger partial charge in [0.1, 0.15) is 18.2 Å². The maximum absolute atomic E-state index is 12.7. The van der Waals surface area contributed by atoms with Crippen LogP contribution < -0.4 is 9.64 Å². The van der Waals surface area contributed by atoms with Gasteiger partial charge in [-0.05, 0) is 31.5 Å². The van der Waals surface area contributed by atoms with Crippen molar-refractivity contribution >= 4 is 40.8 Å². The molecule has 0 saturated carbocycles. The zero-order valence-electron chi connectivity index (χ0n) is 14.1. The monoisotopic (exact) mass is 397 g/mol. The van der Waals surface area contributed by atoms with Crippen molar-refractivity contribution in [1.82, 2.24) is 10.1 Å². The number of nitrogens with zero attached hydrogens (tertiary/aromatic N) is 3. The molecule has 1 aromatic heterocycles. The summed E-state index contributed by atoms with van der Waals surface area (Å²) in [6, 6.07) is 6.37. The van der Waals surface area contributed by atoms with E-state index in [-0.39, 0.29) is 25.1 Å². The molecular formula is C17H17Cl2N3O4. The summed E-state index contributed by atoms with van der Waals surface area (Å²) in [6.07, 6.45) is 1.26. The molecule has 0 aliphatic carbocycles. The van der Waals surface area contributed by atoms with Crippen molar-refractivity contribution in [3.63, 3.8) is 0 Å². The van der Waals surface area contributed by atoms with Gasteiger partial charge in [0.2, 0.25) is 5.91 Å². The number of likely N-dealkylation sites (tertiary alicyclic amines) is 1. The first-order chi connectivity index (χ1) is 12.4. The number of carbonyl (C=O) groups is 2. The molecule has 1 saturated heterocycles. The van der Waals surface area contributed by atoms with Crippen molar-refractivity contribution < 1.29 is 18.8 Å². The Morgan fingerprint density at radius 3 is 2.81 bits per heavy atom. The Labute approximate surface area is 160 Å². The number of hydrogen-bond donors (Lipinski definition) is 0. The Kier molecular flexibility index (Phi) is 5.68. The van der Waals surface area contributed by atoms with E-state index in [1.54, 1.807) is 30.0 Å². The van der Waals surface area contributed by atoms with E-state index in [1.165, 1.54) is 11.0 Å². The summed E-state index contributed by atoms with van der Waals surface area (Å²) in [5.74, 6) is 0.872. The number of carbonyl (C=O) groups excluding carboxylic acids is 2. The average molecular weight is 398 g/mol. The lowest BCUT2D eigenvalue weighted by Gasteiger charge is -2.25. The summed E-state index contributed by atoms with van der Waals surface area (Å²) >= 11 is 11.9. The minimum absolute atomic E-state index is 0.00433. The number of ether oxygens (including phenoxy) is 1. The van der Waals surface area contributed by atoms with Gasteiger partial charge in [0, 0.05) is 24.1 Å². The fourth-order valence-electron chi connectivity index (χ4n) is 2.59. The summed E-state index contributed by atoms with van der Waals surface area (Å²) < 4.78 is 10.6. The second kappa shape index (κ2) is 7.97. The summed E-state index contributed by atoms with van der Waals surface area (Å²) in [4.78, 5) is 27.6. The number of rotatable bonds is 6. The predicted molar refractivity (Wildman–Crippen MR) is 96.5 cm³/mol. The summed E-state index contributed by atoms with van der Waals surface area (Å²) in [5.41, 5.74) is 0. The highest BCUT2D eigenvalue weighted by atomic mass is 35.5. The van der Waals surface area contributed by atoms with Gasteiger partial charge in [-0.15, -0.1) is 0 Å². The fourth-order valence-corrected chi connectivity index (χ4v) is 3.06. The third kappa shape index (κ3) is 4.28. The fraction of sp³-hybridized carbons (Fsp3) is 0.353. The van der Waals surface area contributed by atoms with Crippen LogP contribution in [-0.2, 0) is 9.59 Å². The Bertz CT molecular complexity index is 824. The highest BCUT2D eigenvalue weighted by molar-refractivity contribution is 6.35. The molecule has 9 heteroatoms. The molecular weight excluding hydrogens is 381 g/mol. The van der Waals surface area contributed by atoms with Gasteiger partial charge >= 0.3 is 0 Å². The van der Waals surface area contributed by atoms with E-state index >= 15 is 0 Å². The van der Waals surface area contributed by atoms with E-state index in [1.807, 2.05) is 0 Å². The van der Waals surface area contributed by atoms with Gasteiger partial charge in [-0.25, -0.2) is 0 Å².